The zero-order valence-electron chi connectivity index (χ0n) is 2.70. The van der Waals surface area contributed by atoms with Crippen LogP contribution in [0.25, 0.3) is 0 Å². The van der Waals surface area contributed by atoms with E-state index in [0.717, 1.165) is 0 Å². The van der Waals surface area contributed by atoms with Crippen LogP contribution >= 0.6 is 12.4 Å². The first kappa shape index (κ1) is 22.4. The van der Waals surface area contributed by atoms with E-state index in [1.807, 2.05) is 0 Å². The molecule has 0 fully saturated rings. The van der Waals surface area contributed by atoms with Crippen molar-refractivity contribution in [3.8, 4) is 0 Å². The predicted octanol–water partition coefficient (Wildman–Crippen LogP) is -3.75. The Morgan fingerprint density at radius 2 is 0.875 bits per heavy atom. The molecule has 0 saturated carbocycles. The molecule has 0 atom stereocenters. The second kappa shape index (κ2) is 9.61. The summed E-state index contributed by atoms with van der Waals surface area (Å²) in [4.78, 5) is 29.3. The van der Waals surface area contributed by atoms with Crippen molar-refractivity contribution in [2.75, 3.05) is 0 Å². The molecule has 0 rings (SSSR count). The van der Waals surface area contributed by atoms with Crippen LogP contribution in [0.5, 0.6) is 0 Å². The first-order chi connectivity index (χ1) is 2.00. The monoisotopic (exact) mass is 198 g/mol. The molecule has 0 aliphatic rings. The molecule has 0 saturated heterocycles. The van der Waals surface area contributed by atoms with Gasteiger partial charge in [0.25, 0.3) is 0 Å². The number of rotatable bonds is 0. The fourth-order valence-corrected chi connectivity index (χ4v) is 0. The van der Waals surface area contributed by atoms with Crippen molar-refractivity contribution >= 4 is 88.8 Å². The van der Waals surface area contributed by atoms with Crippen LogP contribution < -0.4 is 0 Å². The summed E-state index contributed by atoms with van der Waals surface area (Å²) in [7, 11) is -4.61. The van der Waals surface area contributed by atoms with E-state index in [-0.39, 0.29) is 79.7 Å². The van der Waals surface area contributed by atoms with E-state index < -0.39 is 9.05 Å². The Labute approximate surface area is 106 Å². The van der Waals surface area contributed by atoms with Gasteiger partial charge < -0.3 is 19.2 Å². The topological polar surface area (TPSA) is 80.9 Å². The van der Waals surface area contributed by atoms with Gasteiger partial charge in [-0.2, -0.15) is 0 Å². The van der Waals surface area contributed by atoms with Crippen molar-refractivity contribution in [1.29, 1.82) is 0 Å². The van der Waals surface area contributed by atoms with Crippen LogP contribution in [0.4, 0.5) is 0 Å². The quantitative estimate of drug-likeness (QED) is 0.302. The molecule has 4 N–H and O–H groups in total. The van der Waals surface area contributed by atoms with Crippen LogP contribution in [0.15, 0.2) is 0 Å². The first-order valence-electron chi connectivity index (χ1n) is 0.894. The van der Waals surface area contributed by atoms with Crippen LogP contribution in [0, 0.1) is 0 Å². The summed E-state index contributed by atoms with van der Waals surface area (Å²) in [6, 6.07) is 0. The van der Waals surface area contributed by atoms with Crippen LogP contribution in [0.2, 0.25) is 0 Å². The van der Waals surface area contributed by atoms with Crippen molar-refractivity contribution in [1.82, 2.24) is 0 Å². The minimum atomic E-state index is -4.61. The molecule has 0 aromatic carbocycles. The molecule has 0 aliphatic carbocycles. The van der Waals surface area contributed by atoms with Crippen molar-refractivity contribution in [2.45, 2.75) is 0 Å². The second-order valence-corrected chi connectivity index (χ2v) is 1.80. The average Bonchev–Trinajstić information content (AvgIpc) is 0.722. The van der Waals surface area contributed by atoms with Crippen molar-refractivity contribution in [3.05, 3.63) is 0 Å². The normalized spacial score (nSPS) is 7.50. The Kier molecular flexibility index (Phi) is 26.9. The molecule has 4 nitrogen and oxygen atoms in total. The first-order valence-corrected chi connectivity index (χ1v) is 2.68. The van der Waals surface area contributed by atoms with Crippen LogP contribution in [-0.4, -0.2) is 95.5 Å². The summed E-state index contributed by atoms with van der Waals surface area (Å²) in [5.74, 6) is 0. The molecule has 0 radical (unpaired) electrons. The van der Waals surface area contributed by atoms with Gasteiger partial charge in [0.05, 0.1) is 0 Å². The molecule has 8 heavy (non-hydrogen) atoms. The fourth-order valence-electron chi connectivity index (χ4n) is 0. The van der Waals surface area contributed by atoms with Crippen molar-refractivity contribution < 1.29 is 19.2 Å². The van der Waals surface area contributed by atoms with Gasteiger partial charge in [0, 0.05) is 0 Å². The molecule has 46 valence electrons. The summed E-state index contributed by atoms with van der Waals surface area (Å²) in [6.07, 6.45) is 0. The standard InChI is InChI=1S/Ca.ClH.Na.H4O4Si.3H/c;;;1-5(2,3)4;;;/h;1H;;1-4H;;;. The van der Waals surface area contributed by atoms with E-state index in [1.165, 1.54) is 0 Å². The Hall–Kier alpha value is 2.61. The van der Waals surface area contributed by atoms with Gasteiger partial charge >= 0.3 is 76.3 Å². The van der Waals surface area contributed by atoms with Gasteiger partial charge in [-0.15, -0.1) is 12.4 Å². The van der Waals surface area contributed by atoms with Gasteiger partial charge in [0.15, 0.2) is 0 Å². The zero-order valence-corrected chi connectivity index (χ0v) is 4.51. The van der Waals surface area contributed by atoms with Crippen LogP contribution in [0.1, 0.15) is 0 Å². The van der Waals surface area contributed by atoms with E-state index in [1.54, 1.807) is 0 Å². The molecule has 0 amide bonds. The third-order valence-electron chi connectivity index (χ3n) is 0. The molecule has 0 heterocycles. The summed E-state index contributed by atoms with van der Waals surface area (Å²) < 4.78 is 0. The number of hydrogen-bond acceptors (Lipinski definition) is 4. The average molecular weight is 199 g/mol. The molecular weight excluding hydrogens is 191 g/mol. The molecule has 0 bridgehead atoms. The van der Waals surface area contributed by atoms with E-state index in [2.05, 4.69) is 0 Å². The SMILES string of the molecule is Cl.O[Si](O)(O)O.[CaH2].[NaH]. The van der Waals surface area contributed by atoms with Gasteiger partial charge in [-0.3, -0.25) is 0 Å². The van der Waals surface area contributed by atoms with E-state index in [9.17, 15) is 0 Å². The second-order valence-electron chi connectivity index (χ2n) is 0.600. The maximum atomic E-state index is 7.33. The third-order valence-corrected chi connectivity index (χ3v) is 0. The minimum absolute atomic E-state index is 0. The Morgan fingerprint density at radius 1 is 0.875 bits per heavy atom. The Morgan fingerprint density at radius 3 is 0.875 bits per heavy atom. The van der Waals surface area contributed by atoms with E-state index in [4.69, 9.17) is 19.2 Å². The van der Waals surface area contributed by atoms with E-state index >= 15 is 0 Å². The van der Waals surface area contributed by atoms with Gasteiger partial charge in [0.2, 0.25) is 0 Å². The molecule has 0 unspecified atom stereocenters. The number of hydrogen-bond donors (Lipinski definition) is 4. The van der Waals surface area contributed by atoms with Crippen molar-refractivity contribution in [2.24, 2.45) is 0 Å². The summed E-state index contributed by atoms with van der Waals surface area (Å²) in [5.41, 5.74) is 0. The van der Waals surface area contributed by atoms with Crippen LogP contribution in [0.3, 0.4) is 0 Å². The summed E-state index contributed by atoms with van der Waals surface area (Å²) in [5, 5.41) is 0. The van der Waals surface area contributed by atoms with Gasteiger partial charge in [0.1, 0.15) is 0 Å². The fraction of sp³-hybridized carbons (Fsp3) is 0. The Bertz CT molecular complexity index is 31.5. The van der Waals surface area contributed by atoms with Crippen molar-refractivity contribution in [3.63, 3.8) is 0 Å². The molecule has 0 aromatic heterocycles. The molecular formula is H8CaClNaO4Si. The summed E-state index contributed by atoms with van der Waals surface area (Å²) in [6.45, 7) is 0. The van der Waals surface area contributed by atoms with E-state index in [0.29, 0.717) is 0 Å². The molecule has 0 aliphatic heterocycles. The number of halogens is 1. The van der Waals surface area contributed by atoms with Gasteiger partial charge in [-0.1, -0.05) is 0 Å². The molecule has 0 aromatic rings. The Balaban J connectivity index is -0.0000000267. The summed E-state index contributed by atoms with van der Waals surface area (Å²) >= 11 is 0. The predicted molar refractivity (Wildman–Crippen MR) is 37.6 cm³/mol. The van der Waals surface area contributed by atoms with Crippen LogP contribution in [-0.2, 0) is 0 Å². The zero-order chi connectivity index (χ0) is 4.50. The maximum absolute atomic E-state index is 7.33. The molecule has 0 spiro atoms. The van der Waals surface area contributed by atoms with Gasteiger partial charge in [-0.05, 0) is 0 Å². The van der Waals surface area contributed by atoms with Gasteiger partial charge in [-0.25, -0.2) is 0 Å². The third kappa shape index (κ3) is 73.3. The molecule has 8 heteroatoms.